The van der Waals surface area contributed by atoms with Crippen molar-refractivity contribution in [2.45, 2.75) is 38.9 Å². The molecule has 0 heterocycles. The molecule has 0 aliphatic carbocycles. The van der Waals surface area contributed by atoms with E-state index in [-0.39, 0.29) is 6.42 Å². The Morgan fingerprint density at radius 2 is 1.93 bits per heavy atom. The van der Waals surface area contributed by atoms with Gasteiger partial charge in [0.05, 0.1) is 12.2 Å². The minimum absolute atomic E-state index is 0.279. The Morgan fingerprint density at radius 1 is 1.40 bits per heavy atom. The zero-order chi connectivity index (χ0) is 12.1. The Morgan fingerprint density at radius 3 is 2.33 bits per heavy atom. The standard InChI is InChI=1S/C8H18O5SSi/c1-4-7-15(2,3)13-8(9)5-6-14(10,11)12/h4-7H2,1-3H3,(H,10,11,12). The molecule has 5 nitrogen and oxygen atoms in total. The number of carbonyl (C=O) groups excluding carboxylic acids is 1. The lowest BCUT2D eigenvalue weighted by molar-refractivity contribution is -0.134. The van der Waals surface area contributed by atoms with Crippen LogP contribution >= 0.6 is 0 Å². The molecule has 0 spiro atoms. The highest BCUT2D eigenvalue weighted by Crippen LogP contribution is 2.14. The van der Waals surface area contributed by atoms with Crippen LogP contribution in [0.25, 0.3) is 0 Å². The van der Waals surface area contributed by atoms with Crippen molar-refractivity contribution in [2.24, 2.45) is 0 Å². The molecule has 0 aromatic rings. The molecular formula is C8H18O5SSi. The lowest BCUT2D eigenvalue weighted by Crippen LogP contribution is -2.33. The van der Waals surface area contributed by atoms with Crippen LogP contribution in [0, 0.1) is 0 Å². The summed E-state index contributed by atoms with van der Waals surface area (Å²) in [6.45, 7) is 5.81. The molecule has 7 heteroatoms. The van der Waals surface area contributed by atoms with Crippen LogP contribution in [0.3, 0.4) is 0 Å². The van der Waals surface area contributed by atoms with Crippen LogP contribution in [0.1, 0.15) is 19.8 Å². The van der Waals surface area contributed by atoms with Gasteiger partial charge in [-0.2, -0.15) is 8.42 Å². The van der Waals surface area contributed by atoms with Gasteiger partial charge in [0.2, 0.25) is 8.32 Å². The Balaban J connectivity index is 4.04. The monoisotopic (exact) mass is 254 g/mol. The van der Waals surface area contributed by atoms with E-state index in [9.17, 15) is 13.2 Å². The van der Waals surface area contributed by atoms with E-state index in [1.54, 1.807) is 0 Å². The molecule has 0 aliphatic rings. The van der Waals surface area contributed by atoms with Crippen molar-refractivity contribution in [1.29, 1.82) is 0 Å². The second-order valence-corrected chi connectivity index (χ2v) is 9.82. The number of carbonyl (C=O) groups is 1. The third kappa shape index (κ3) is 8.58. The molecule has 0 radical (unpaired) electrons. The van der Waals surface area contributed by atoms with Gasteiger partial charge in [0.1, 0.15) is 0 Å². The summed E-state index contributed by atoms with van der Waals surface area (Å²) >= 11 is 0. The van der Waals surface area contributed by atoms with Gasteiger partial charge < -0.3 is 4.43 Å². The highest BCUT2D eigenvalue weighted by molar-refractivity contribution is 7.85. The summed E-state index contributed by atoms with van der Waals surface area (Å²) in [5, 5.41) is 0. The average molecular weight is 254 g/mol. The van der Waals surface area contributed by atoms with E-state index < -0.39 is 30.2 Å². The Hall–Kier alpha value is -0.403. The largest absolute Gasteiger partial charge is 0.520 e. The molecule has 0 amide bonds. The zero-order valence-corrected chi connectivity index (χ0v) is 11.1. The van der Waals surface area contributed by atoms with E-state index in [4.69, 9.17) is 8.98 Å². The highest BCUT2D eigenvalue weighted by atomic mass is 32.2. The first-order valence-corrected chi connectivity index (χ1v) is 9.56. The first-order chi connectivity index (χ1) is 6.66. The Bertz CT molecular complexity index is 309. The second kappa shape index (κ2) is 5.62. The van der Waals surface area contributed by atoms with E-state index in [2.05, 4.69) is 0 Å². The minimum Gasteiger partial charge on any atom is -0.520 e. The maximum absolute atomic E-state index is 11.2. The summed E-state index contributed by atoms with van der Waals surface area (Å²) in [4.78, 5) is 11.2. The molecule has 15 heavy (non-hydrogen) atoms. The molecule has 0 unspecified atom stereocenters. The molecule has 90 valence electrons. The van der Waals surface area contributed by atoms with Crippen molar-refractivity contribution in [3.8, 4) is 0 Å². The topological polar surface area (TPSA) is 80.7 Å². The minimum atomic E-state index is -4.07. The molecule has 0 aromatic carbocycles. The fourth-order valence-electron chi connectivity index (χ4n) is 1.22. The Labute approximate surface area is 91.7 Å². The normalized spacial score (nSPS) is 12.5. The fourth-order valence-corrected chi connectivity index (χ4v) is 3.67. The van der Waals surface area contributed by atoms with Crippen LogP contribution in [0.2, 0.25) is 19.1 Å². The maximum atomic E-state index is 11.2. The van der Waals surface area contributed by atoms with Crippen molar-refractivity contribution >= 4 is 24.4 Å². The molecule has 0 saturated carbocycles. The van der Waals surface area contributed by atoms with Crippen molar-refractivity contribution in [3.05, 3.63) is 0 Å². The Kier molecular flexibility index (Phi) is 5.47. The van der Waals surface area contributed by atoms with Crippen LogP contribution in [-0.4, -0.2) is 33.0 Å². The molecule has 0 fully saturated rings. The van der Waals surface area contributed by atoms with Gasteiger partial charge in [-0.25, -0.2) is 0 Å². The van der Waals surface area contributed by atoms with Gasteiger partial charge >= 0.3 is 0 Å². The lowest BCUT2D eigenvalue weighted by Gasteiger charge is -2.21. The third-order valence-corrected chi connectivity index (χ3v) is 5.01. The summed E-state index contributed by atoms with van der Waals surface area (Å²) in [6, 6.07) is 0.852. The predicted molar refractivity (Wildman–Crippen MR) is 59.7 cm³/mol. The number of hydrogen-bond acceptors (Lipinski definition) is 4. The molecule has 0 aromatic heterocycles. The van der Waals surface area contributed by atoms with E-state index in [0.717, 1.165) is 12.5 Å². The van der Waals surface area contributed by atoms with E-state index in [1.807, 2.05) is 20.0 Å². The molecule has 1 N–H and O–H groups in total. The zero-order valence-electron chi connectivity index (χ0n) is 9.32. The van der Waals surface area contributed by atoms with E-state index in [0.29, 0.717) is 0 Å². The van der Waals surface area contributed by atoms with Gasteiger partial charge in [-0.1, -0.05) is 13.3 Å². The SMILES string of the molecule is CCC[Si](C)(C)OC(=O)CCS(=O)(=O)O. The van der Waals surface area contributed by atoms with Gasteiger partial charge in [-0.3, -0.25) is 9.35 Å². The third-order valence-electron chi connectivity index (χ3n) is 1.81. The molecule has 0 aliphatic heterocycles. The van der Waals surface area contributed by atoms with Gasteiger partial charge in [0, 0.05) is 0 Å². The summed E-state index contributed by atoms with van der Waals surface area (Å²) in [7, 11) is -6.06. The molecule has 0 bridgehead atoms. The van der Waals surface area contributed by atoms with Gasteiger partial charge in [-0.05, 0) is 19.1 Å². The van der Waals surface area contributed by atoms with Crippen molar-refractivity contribution in [3.63, 3.8) is 0 Å². The van der Waals surface area contributed by atoms with Crippen molar-refractivity contribution < 1.29 is 22.2 Å². The molecular weight excluding hydrogens is 236 g/mol. The fraction of sp³-hybridized carbons (Fsp3) is 0.875. The highest BCUT2D eigenvalue weighted by Gasteiger charge is 2.26. The van der Waals surface area contributed by atoms with Crippen molar-refractivity contribution in [2.75, 3.05) is 5.75 Å². The van der Waals surface area contributed by atoms with Gasteiger partial charge in [0.25, 0.3) is 16.1 Å². The number of rotatable bonds is 6. The number of hydrogen-bond donors (Lipinski definition) is 1. The van der Waals surface area contributed by atoms with E-state index in [1.165, 1.54) is 0 Å². The lowest BCUT2D eigenvalue weighted by atomic mass is 10.5. The summed E-state index contributed by atoms with van der Waals surface area (Å²) in [6.07, 6.45) is 0.657. The van der Waals surface area contributed by atoms with Gasteiger partial charge in [0.15, 0.2) is 0 Å². The summed E-state index contributed by atoms with van der Waals surface area (Å²) < 4.78 is 34.4. The first kappa shape index (κ1) is 14.6. The van der Waals surface area contributed by atoms with Crippen LogP contribution in [0.4, 0.5) is 0 Å². The maximum Gasteiger partial charge on any atom is 0.293 e. The van der Waals surface area contributed by atoms with Crippen LogP contribution in [0.5, 0.6) is 0 Å². The van der Waals surface area contributed by atoms with Crippen LogP contribution in [0.15, 0.2) is 0 Å². The molecule has 0 rings (SSSR count). The second-order valence-electron chi connectivity index (χ2n) is 4.02. The predicted octanol–water partition coefficient (Wildman–Crippen LogP) is 1.42. The summed E-state index contributed by atoms with van der Waals surface area (Å²) in [5.41, 5.74) is 0. The first-order valence-electron chi connectivity index (χ1n) is 4.83. The smallest absolute Gasteiger partial charge is 0.293 e. The van der Waals surface area contributed by atoms with Crippen LogP contribution in [-0.2, 0) is 19.3 Å². The van der Waals surface area contributed by atoms with Crippen LogP contribution < -0.4 is 0 Å². The van der Waals surface area contributed by atoms with Crippen molar-refractivity contribution in [1.82, 2.24) is 0 Å². The molecule has 0 atom stereocenters. The van der Waals surface area contributed by atoms with E-state index >= 15 is 0 Å². The molecule has 0 saturated heterocycles. The quantitative estimate of drug-likeness (QED) is 0.573. The average Bonchev–Trinajstić information content (AvgIpc) is 1.98. The summed E-state index contributed by atoms with van der Waals surface area (Å²) in [5.74, 6) is -1.11. The van der Waals surface area contributed by atoms with Gasteiger partial charge in [-0.15, -0.1) is 0 Å².